The molecule has 2 aliphatic rings. The van der Waals surface area contributed by atoms with Crippen molar-refractivity contribution in [3.8, 4) is 0 Å². The number of rotatable bonds is 4. The van der Waals surface area contributed by atoms with Gasteiger partial charge in [-0.3, -0.25) is 0 Å². The summed E-state index contributed by atoms with van der Waals surface area (Å²) in [6.07, 6.45) is 1.40. The molecule has 0 aromatic heterocycles. The number of hydrogen-bond donors (Lipinski definition) is 1. The van der Waals surface area contributed by atoms with Crippen LogP contribution < -0.4 is 5.32 Å². The lowest BCUT2D eigenvalue weighted by Crippen LogP contribution is -2.52. The maximum atomic E-state index is 3.38. The van der Waals surface area contributed by atoms with Gasteiger partial charge in [-0.1, -0.05) is 20.8 Å². The van der Waals surface area contributed by atoms with Gasteiger partial charge < -0.3 is 10.2 Å². The van der Waals surface area contributed by atoms with E-state index in [0.717, 1.165) is 17.8 Å². The molecule has 2 saturated heterocycles. The molecule has 0 saturated carbocycles. The first-order valence-corrected chi connectivity index (χ1v) is 6.38. The van der Waals surface area contributed by atoms with Gasteiger partial charge in [-0.2, -0.15) is 0 Å². The average molecular weight is 210 g/mol. The number of nitrogens with one attached hydrogen (secondary N) is 1. The minimum Gasteiger partial charge on any atom is -0.316 e. The molecule has 1 N–H and O–H groups in total. The molecule has 2 aliphatic heterocycles. The molecule has 0 aromatic carbocycles. The van der Waals surface area contributed by atoms with Crippen LogP contribution in [-0.2, 0) is 0 Å². The van der Waals surface area contributed by atoms with E-state index < -0.39 is 0 Å². The van der Waals surface area contributed by atoms with Gasteiger partial charge in [-0.25, -0.2) is 0 Å². The Morgan fingerprint density at radius 3 is 2.33 bits per heavy atom. The zero-order chi connectivity index (χ0) is 11.1. The molecule has 0 amide bonds. The zero-order valence-corrected chi connectivity index (χ0v) is 10.7. The highest BCUT2D eigenvalue weighted by Crippen LogP contribution is 2.40. The van der Waals surface area contributed by atoms with Crippen molar-refractivity contribution in [2.45, 2.75) is 27.2 Å². The first kappa shape index (κ1) is 11.4. The van der Waals surface area contributed by atoms with Crippen molar-refractivity contribution in [1.29, 1.82) is 0 Å². The smallest absolute Gasteiger partial charge is 0.00241 e. The zero-order valence-electron chi connectivity index (χ0n) is 10.7. The Kier molecular flexibility index (Phi) is 3.09. The molecule has 0 bridgehead atoms. The third-order valence-electron chi connectivity index (χ3n) is 4.64. The van der Waals surface area contributed by atoms with Crippen molar-refractivity contribution in [3.05, 3.63) is 0 Å². The van der Waals surface area contributed by atoms with Gasteiger partial charge in [0.15, 0.2) is 0 Å². The second-order valence-electron chi connectivity index (χ2n) is 6.51. The summed E-state index contributed by atoms with van der Waals surface area (Å²) in [4.78, 5) is 2.43. The van der Waals surface area contributed by atoms with E-state index in [0.29, 0.717) is 5.41 Å². The van der Waals surface area contributed by atoms with Crippen LogP contribution in [0.2, 0.25) is 0 Å². The van der Waals surface area contributed by atoms with Crippen LogP contribution in [0, 0.1) is 23.2 Å². The molecule has 0 radical (unpaired) electrons. The first-order valence-electron chi connectivity index (χ1n) is 6.38. The molecule has 2 nitrogen and oxygen atoms in total. The van der Waals surface area contributed by atoms with Crippen molar-refractivity contribution in [2.24, 2.45) is 23.2 Å². The predicted molar refractivity (Wildman–Crippen MR) is 64.9 cm³/mol. The molecule has 1 atom stereocenters. The fraction of sp³-hybridized carbons (Fsp3) is 1.00. The topological polar surface area (TPSA) is 15.3 Å². The Labute approximate surface area is 94.4 Å². The SMILES string of the molecule is CC(CC(C)(C)C1CN(C)C1)C1CNC1. The lowest BCUT2D eigenvalue weighted by molar-refractivity contribution is 0.0121. The highest BCUT2D eigenvalue weighted by molar-refractivity contribution is 4.91. The number of likely N-dealkylation sites (tertiary alicyclic amines) is 1. The van der Waals surface area contributed by atoms with E-state index >= 15 is 0 Å². The molecular formula is C13H26N2. The number of nitrogens with zero attached hydrogens (tertiary/aromatic N) is 1. The first-order chi connectivity index (χ1) is 6.99. The van der Waals surface area contributed by atoms with E-state index in [1.54, 1.807) is 0 Å². The Balaban J connectivity index is 1.80. The van der Waals surface area contributed by atoms with Gasteiger partial charge in [-0.05, 0) is 49.7 Å². The van der Waals surface area contributed by atoms with Crippen molar-refractivity contribution in [3.63, 3.8) is 0 Å². The number of hydrogen-bond acceptors (Lipinski definition) is 2. The third kappa shape index (κ3) is 2.36. The summed E-state index contributed by atoms with van der Waals surface area (Å²) in [6.45, 7) is 12.5. The van der Waals surface area contributed by atoms with Gasteiger partial charge in [0, 0.05) is 13.1 Å². The van der Waals surface area contributed by atoms with Crippen molar-refractivity contribution in [1.82, 2.24) is 10.2 Å². The quantitative estimate of drug-likeness (QED) is 0.761. The molecule has 2 heterocycles. The van der Waals surface area contributed by atoms with Crippen LogP contribution in [0.4, 0.5) is 0 Å². The highest BCUT2D eigenvalue weighted by atomic mass is 15.2. The largest absolute Gasteiger partial charge is 0.316 e. The lowest BCUT2D eigenvalue weighted by Gasteiger charge is -2.48. The van der Waals surface area contributed by atoms with Gasteiger partial charge in [0.2, 0.25) is 0 Å². The van der Waals surface area contributed by atoms with Crippen LogP contribution >= 0.6 is 0 Å². The fourth-order valence-corrected chi connectivity index (χ4v) is 3.07. The van der Waals surface area contributed by atoms with Crippen molar-refractivity contribution in [2.75, 3.05) is 33.2 Å². The average Bonchev–Trinajstić information content (AvgIpc) is 1.93. The summed E-state index contributed by atoms with van der Waals surface area (Å²) in [6, 6.07) is 0. The molecule has 2 rings (SSSR count). The Bertz CT molecular complexity index is 215. The molecule has 0 aliphatic carbocycles. The monoisotopic (exact) mass is 210 g/mol. The molecule has 2 heteroatoms. The van der Waals surface area contributed by atoms with Crippen molar-refractivity contribution < 1.29 is 0 Å². The van der Waals surface area contributed by atoms with Gasteiger partial charge in [0.1, 0.15) is 0 Å². The van der Waals surface area contributed by atoms with Crippen molar-refractivity contribution >= 4 is 0 Å². The molecule has 0 spiro atoms. The Morgan fingerprint density at radius 2 is 1.93 bits per heavy atom. The Hall–Kier alpha value is -0.0800. The van der Waals surface area contributed by atoms with E-state index in [9.17, 15) is 0 Å². The van der Waals surface area contributed by atoms with Gasteiger partial charge in [0.05, 0.1) is 0 Å². The lowest BCUT2D eigenvalue weighted by atomic mass is 9.67. The molecule has 1 unspecified atom stereocenters. The summed E-state index contributed by atoms with van der Waals surface area (Å²) in [5.74, 6) is 2.77. The second-order valence-corrected chi connectivity index (χ2v) is 6.51. The van der Waals surface area contributed by atoms with E-state index in [4.69, 9.17) is 0 Å². The molecule has 0 aromatic rings. The summed E-state index contributed by atoms with van der Waals surface area (Å²) < 4.78 is 0. The van der Waals surface area contributed by atoms with Crippen LogP contribution in [0.1, 0.15) is 27.2 Å². The van der Waals surface area contributed by atoms with E-state index in [2.05, 4.69) is 38.0 Å². The van der Waals surface area contributed by atoms with Gasteiger partial charge in [-0.15, -0.1) is 0 Å². The standard InChI is InChI=1S/C13H26N2/c1-10(11-6-14-7-11)5-13(2,3)12-8-15(4)9-12/h10-12,14H,5-9H2,1-4H3. The summed E-state index contributed by atoms with van der Waals surface area (Å²) in [5.41, 5.74) is 0.543. The summed E-state index contributed by atoms with van der Waals surface area (Å²) >= 11 is 0. The maximum Gasteiger partial charge on any atom is 0.00241 e. The van der Waals surface area contributed by atoms with Crippen LogP contribution in [0.3, 0.4) is 0 Å². The molecule has 88 valence electrons. The fourth-order valence-electron chi connectivity index (χ4n) is 3.07. The summed E-state index contributed by atoms with van der Waals surface area (Å²) in [7, 11) is 2.23. The van der Waals surface area contributed by atoms with Crippen LogP contribution in [0.25, 0.3) is 0 Å². The van der Waals surface area contributed by atoms with Crippen LogP contribution in [0.15, 0.2) is 0 Å². The minimum atomic E-state index is 0.543. The van der Waals surface area contributed by atoms with E-state index in [1.807, 2.05) is 0 Å². The summed E-state index contributed by atoms with van der Waals surface area (Å²) in [5, 5.41) is 3.38. The van der Waals surface area contributed by atoms with Gasteiger partial charge in [0.25, 0.3) is 0 Å². The predicted octanol–water partition coefficient (Wildman–Crippen LogP) is 1.82. The Morgan fingerprint density at radius 1 is 1.33 bits per heavy atom. The normalized spacial score (nSPS) is 27.2. The maximum absolute atomic E-state index is 3.38. The third-order valence-corrected chi connectivity index (χ3v) is 4.64. The highest BCUT2D eigenvalue weighted by Gasteiger charge is 2.39. The molecule has 15 heavy (non-hydrogen) atoms. The minimum absolute atomic E-state index is 0.543. The van der Waals surface area contributed by atoms with Crippen LogP contribution in [0.5, 0.6) is 0 Å². The second kappa shape index (κ2) is 4.06. The van der Waals surface area contributed by atoms with E-state index in [-0.39, 0.29) is 0 Å². The van der Waals surface area contributed by atoms with Crippen LogP contribution in [-0.4, -0.2) is 38.1 Å². The molecular weight excluding hydrogens is 184 g/mol. The molecule has 2 fully saturated rings. The van der Waals surface area contributed by atoms with Gasteiger partial charge >= 0.3 is 0 Å². The van der Waals surface area contributed by atoms with E-state index in [1.165, 1.54) is 32.6 Å².